The van der Waals surface area contributed by atoms with Gasteiger partial charge in [-0.1, -0.05) is 24.9 Å². The summed E-state index contributed by atoms with van der Waals surface area (Å²) in [6, 6.07) is 0. The van der Waals surface area contributed by atoms with Crippen LogP contribution < -0.4 is 5.73 Å². The van der Waals surface area contributed by atoms with E-state index >= 15 is 0 Å². The van der Waals surface area contributed by atoms with E-state index in [-0.39, 0.29) is 0 Å². The highest BCUT2D eigenvalue weighted by Crippen LogP contribution is 2.22. The first-order chi connectivity index (χ1) is 6.60. The molecule has 14 heavy (non-hydrogen) atoms. The predicted molar refractivity (Wildman–Crippen MR) is 59.5 cm³/mol. The zero-order chi connectivity index (χ0) is 10.7. The van der Waals surface area contributed by atoms with Crippen LogP contribution in [0.15, 0.2) is 0 Å². The molecule has 4 heteroatoms. The van der Waals surface area contributed by atoms with E-state index in [4.69, 9.17) is 17.3 Å². The Hall–Kier alpha value is -0.540. The maximum absolute atomic E-state index is 6.13. The molecule has 1 heterocycles. The van der Waals surface area contributed by atoms with Crippen LogP contribution in [-0.2, 0) is 13.5 Å². The smallest absolute Gasteiger partial charge is 0.130 e. The first kappa shape index (κ1) is 11.5. The topological polar surface area (TPSA) is 43.8 Å². The largest absolute Gasteiger partial charge is 0.330 e. The molecule has 0 aliphatic heterocycles. The first-order valence-corrected chi connectivity index (χ1v) is 5.36. The standard InChI is InChI=1S/C10H18ClN3/c1-4-8(6-12)5-9-7(2)13-14(3)10(9)11/h8H,4-6,12H2,1-3H3. The third kappa shape index (κ3) is 2.28. The Morgan fingerprint density at radius 2 is 2.21 bits per heavy atom. The fraction of sp³-hybridized carbons (Fsp3) is 0.700. The third-order valence-corrected chi connectivity index (χ3v) is 3.15. The SMILES string of the molecule is CCC(CN)Cc1c(C)nn(C)c1Cl. The molecule has 0 aliphatic carbocycles. The van der Waals surface area contributed by atoms with E-state index in [9.17, 15) is 0 Å². The Morgan fingerprint density at radius 3 is 2.57 bits per heavy atom. The normalized spacial score (nSPS) is 13.2. The molecule has 3 nitrogen and oxygen atoms in total. The summed E-state index contributed by atoms with van der Waals surface area (Å²) >= 11 is 6.13. The van der Waals surface area contributed by atoms with E-state index < -0.39 is 0 Å². The Balaban J connectivity index is 2.84. The summed E-state index contributed by atoms with van der Waals surface area (Å²) in [6.45, 7) is 4.85. The minimum atomic E-state index is 0.510. The van der Waals surface area contributed by atoms with Crippen LogP contribution in [0.1, 0.15) is 24.6 Å². The number of hydrogen-bond acceptors (Lipinski definition) is 2. The van der Waals surface area contributed by atoms with Crippen molar-refractivity contribution in [1.82, 2.24) is 9.78 Å². The first-order valence-electron chi connectivity index (χ1n) is 4.98. The van der Waals surface area contributed by atoms with Gasteiger partial charge in [0, 0.05) is 12.6 Å². The quantitative estimate of drug-likeness (QED) is 0.834. The average molecular weight is 216 g/mol. The van der Waals surface area contributed by atoms with Crippen LogP contribution in [0.2, 0.25) is 5.15 Å². The van der Waals surface area contributed by atoms with E-state index in [1.807, 2.05) is 14.0 Å². The van der Waals surface area contributed by atoms with Crippen LogP contribution in [0.5, 0.6) is 0 Å². The van der Waals surface area contributed by atoms with Crippen molar-refractivity contribution >= 4 is 11.6 Å². The van der Waals surface area contributed by atoms with Crippen molar-refractivity contribution in [3.8, 4) is 0 Å². The number of aromatic nitrogens is 2. The highest BCUT2D eigenvalue weighted by Gasteiger charge is 2.14. The molecule has 0 amide bonds. The van der Waals surface area contributed by atoms with Gasteiger partial charge in [0.1, 0.15) is 5.15 Å². The molecule has 2 N–H and O–H groups in total. The van der Waals surface area contributed by atoms with Crippen LogP contribution in [0.25, 0.3) is 0 Å². The molecule has 1 unspecified atom stereocenters. The van der Waals surface area contributed by atoms with Gasteiger partial charge in [-0.2, -0.15) is 5.10 Å². The van der Waals surface area contributed by atoms with Crippen LogP contribution in [0, 0.1) is 12.8 Å². The second-order valence-electron chi connectivity index (χ2n) is 3.69. The van der Waals surface area contributed by atoms with Gasteiger partial charge >= 0.3 is 0 Å². The molecule has 1 rings (SSSR count). The second kappa shape index (κ2) is 4.80. The number of rotatable bonds is 4. The summed E-state index contributed by atoms with van der Waals surface area (Å²) in [5.74, 6) is 0.510. The molecular weight excluding hydrogens is 198 g/mol. The van der Waals surface area contributed by atoms with Crippen molar-refractivity contribution < 1.29 is 0 Å². The van der Waals surface area contributed by atoms with Crippen LogP contribution in [0.3, 0.4) is 0 Å². The number of aryl methyl sites for hydroxylation is 2. The molecule has 0 saturated heterocycles. The number of hydrogen-bond donors (Lipinski definition) is 1. The molecule has 1 aromatic rings. The van der Waals surface area contributed by atoms with E-state index in [1.54, 1.807) is 4.68 Å². The van der Waals surface area contributed by atoms with Gasteiger partial charge in [0.15, 0.2) is 0 Å². The lowest BCUT2D eigenvalue weighted by molar-refractivity contribution is 0.517. The molecule has 1 aromatic heterocycles. The Labute approximate surface area is 90.2 Å². The van der Waals surface area contributed by atoms with Gasteiger partial charge in [-0.3, -0.25) is 4.68 Å². The maximum atomic E-state index is 6.13. The van der Waals surface area contributed by atoms with Gasteiger partial charge in [0.25, 0.3) is 0 Å². The Bertz CT molecular complexity index is 303. The molecule has 0 fully saturated rings. The van der Waals surface area contributed by atoms with Crippen LogP contribution >= 0.6 is 11.6 Å². The van der Waals surface area contributed by atoms with Gasteiger partial charge in [-0.25, -0.2) is 0 Å². The van der Waals surface area contributed by atoms with Gasteiger partial charge in [-0.05, 0) is 25.8 Å². The molecule has 1 atom stereocenters. The van der Waals surface area contributed by atoms with Gasteiger partial charge in [-0.15, -0.1) is 0 Å². The molecule has 0 aliphatic rings. The summed E-state index contributed by atoms with van der Waals surface area (Å²) in [6.07, 6.45) is 2.02. The molecule has 0 radical (unpaired) electrons. The van der Waals surface area contributed by atoms with Crippen molar-refractivity contribution in [2.45, 2.75) is 26.7 Å². The van der Waals surface area contributed by atoms with Crippen LogP contribution in [-0.4, -0.2) is 16.3 Å². The van der Waals surface area contributed by atoms with Crippen LogP contribution in [0.4, 0.5) is 0 Å². The molecule has 0 bridgehead atoms. The van der Waals surface area contributed by atoms with E-state index in [1.165, 1.54) is 0 Å². The van der Waals surface area contributed by atoms with Gasteiger partial charge in [0.2, 0.25) is 0 Å². The Kier molecular flexibility index (Phi) is 3.96. The van der Waals surface area contributed by atoms with Crippen molar-refractivity contribution in [3.05, 3.63) is 16.4 Å². The van der Waals surface area contributed by atoms with E-state index in [2.05, 4.69) is 12.0 Å². The van der Waals surface area contributed by atoms with E-state index in [0.717, 1.165) is 29.3 Å². The zero-order valence-electron chi connectivity index (χ0n) is 9.05. The van der Waals surface area contributed by atoms with E-state index in [0.29, 0.717) is 12.5 Å². The molecule has 80 valence electrons. The van der Waals surface area contributed by atoms with Gasteiger partial charge in [0.05, 0.1) is 5.69 Å². The third-order valence-electron chi connectivity index (χ3n) is 2.67. The van der Waals surface area contributed by atoms with Crippen molar-refractivity contribution in [2.75, 3.05) is 6.54 Å². The fourth-order valence-electron chi connectivity index (χ4n) is 1.59. The average Bonchev–Trinajstić information content (AvgIpc) is 2.40. The summed E-state index contributed by atoms with van der Waals surface area (Å²) in [7, 11) is 1.86. The molecule has 0 saturated carbocycles. The molecule has 0 aromatic carbocycles. The molecule has 0 spiro atoms. The lowest BCUT2D eigenvalue weighted by atomic mass is 9.98. The van der Waals surface area contributed by atoms with Gasteiger partial charge < -0.3 is 5.73 Å². The van der Waals surface area contributed by atoms with Crippen molar-refractivity contribution in [2.24, 2.45) is 18.7 Å². The maximum Gasteiger partial charge on any atom is 0.130 e. The summed E-state index contributed by atoms with van der Waals surface area (Å²) in [5.41, 5.74) is 7.83. The predicted octanol–water partition coefficient (Wildman–Crippen LogP) is 1.91. The second-order valence-corrected chi connectivity index (χ2v) is 4.05. The lowest BCUT2D eigenvalue weighted by Crippen LogP contribution is -2.16. The Morgan fingerprint density at radius 1 is 1.57 bits per heavy atom. The number of halogens is 1. The minimum Gasteiger partial charge on any atom is -0.330 e. The summed E-state index contributed by atoms with van der Waals surface area (Å²) < 4.78 is 1.72. The zero-order valence-corrected chi connectivity index (χ0v) is 9.80. The summed E-state index contributed by atoms with van der Waals surface area (Å²) in [5, 5.41) is 5.02. The molecular formula is C10H18ClN3. The highest BCUT2D eigenvalue weighted by atomic mass is 35.5. The lowest BCUT2D eigenvalue weighted by Gasteiger charge is -2.11. The van der Waals surface area contributed by atoms with Crippen molar-refractivity contribution in [3.63, 3.8) is 0 Å². The minimum absolute atomic E-state index is 0.510. The highest BCUT2D eigenvalue weighted by molar-refractivity contribution is 6.30. The number of nitrogens with zero attached hydrogens (tertiary/aromatic N) is 2. The number of nitrogens with two attached hydrogens (primary N) is 1. The van der Waals surface area contributed by atoms with Crippen molar-refractivity contribution in [1.29, 1.82) is 0 Å². The monoisotopic (exact) mass is 215 g/mol. The summed E-state index contributed by atoms with van der Waals surface area (Å²) in [4.78, 5) is 0. The fourth-order valence-corrected chi connectivity index (χ4v) is 1.84.